The first-order valence-corrected chi connectivity index (χ1v) is 8.40. The third kappa shape index (κ3) is 3.75. The molecule has 0 fully saturated rings. The molecule has 0 spiro atoms. The van der Waals surface area contributed by atoms with Gasteiger partial charge in [-0.2, -0.15) is 62.2 Å². The van der Waals surface area contributed by atoms with Crippen molar-refractivity contribution >= 4 is 11.6 Å². The van der Waals surface area contributed by atoms with Gasteiger partial charge in [-0.3, -0.25) is 5.10 Å². The molecule has 3 nitrogen and oxygen atoms in total. The van der Waals surface area contributed by atoms with Gasteiger partial charge in [-0.15, -0.1) is 0 Å². The molecule has 1 N–H and O–H groups in total. The van der Waals surface area contributed by atoms with Crippen molar-refractivity contribution in [2.24, 2.45) is 0 Å². The highest BCUT2D eigenvalue weighted by Gasteiger charge is 2.91. The van der Waals surface area contributed by atoms with Gasteiger partial charge in [-0.1, -0.05) is 11.6 Å². The summed E-state index contributed by atoms with van der Waals surface area (Å²) in [5.41, 5.74) is -3.44. The minimum absolute atomic E-state index is 0.204. The Morgan fingerprint density at radius 1 is 0.727 bits per heavy atom. The average molecular weight is 527 g/mol. The molecule has 0 radical (unpaired) electrons. The fraction of sp³-hybridized carbons (Fsp3) is 0.438. The van der Waals surface area contributed by atoms with Crippen molar-refractivity contribution < 1.29 is 61.8 Å². The first-order valence-electron chi connectivity index (χ1n) is 8.03. The highest BCUT2D eigenvalue weighted by atomic mass is 35.5. The highest BCUT2D eigenvalue weighted by molar-refractivity contribution is 6.33. The minimum atomic E-state index is -8.00. The molecule has 1 aromatic heterocycles. The lowest BCUT2D eigenvalue weighted by molar-refractivity contribution is -0.442. The first kappa shape index (κ1) is 26.9. The molecule has 0 aliphatic carbocycles. The van der Waals surface area contributed by atoms with Crippen LogP contribution < -0.4 is 4.74 Å². The molecule has 0 aliphatic heterocycles. The lowest BCUT2D eigenvalue weighted by Crippen LogP contribution is -2.69. The monoisotopic (exact) mass is 526 g/mol. The summed E-state index contributed by atoms with van der Waals surface area (Å²) in [5, 5.41) is 2.67. The van der Waals surface area contributed by atoms with Crippen molar-refractivity contribution in [1.29, 1.82) is 0 Å². The Kier molecular flexibility index (Phi) is 6.38. The molecule has 186 valence electrons. The number of ether oxygens (including phenoxy) is 1. The Bertz CT molecular complexity index is 999. The van der Waals surface area contributed by atoms with Gasteiger partial charge in [0.15, 0.2) is 0 Å². The molecule has 2 rings (SSSR count). The molecule has 33 heavy (non-hydrogen) atoms. The van der Waals surface area contributed by atoms with Crippen molar-refractivity contribution in [3.8, 4) is 17.0 Å². The maximum Gasteiger partial charge on any atom is 0.460 e. The van der Waals surface area contributed by atoms with E-state index < -0.39 is 52.2 Å². The van der Waals surface area contributed by atoms with Crippen molar-refractivity contribution in [2.45, 2.75) is 35.8 Å². The number of aromatic amines is 1. The number of hydrogen-bond donors (Lipinski definition) is 1. The second-order valence-corrected chi connectivity index (χ2v) is 6.74. The minimum Gasteiger partial charge on any atom is -0.497 e. The summed E-state index contributed by atoms with van der Waals surface area (Å²) in [4.78, 5) is 0. The number of alkyl halides is 13. The van der Waals surface area contributed by atoms with Crippen molar-refractivity contribution in [2.75, 3.05) is 7.11 Å². The van der Waals surface area contributed by atoms with E-state index in [0.717, 1.165) is 17.2 Å². The summed E-state index contributed by atoms with van der Waals surface area (Å²) in [6.07, 6.45) is -7.49. The Hall–Kier alpha value is -2.39. The Balaban J connectivity index is 2.59. The lowest BCUT2D eigenvalue weighted by atomic mass is 9.92. The smallest absolute Gasteiger partial charge is 0.460 e. The summed E-state index contributed by atoms with van der Waals surface area (Å²) in [6, 6.07) is 4.54. The molecule has 1 aromatic carbocycles. The molecule has 17 heteroatoms. The van der Waals surface area contributed by atoms with E-state index in [4.69, 9.17) is 16.3 Å². The zero-order valence-electron chi connectivity index (χ0n) is 15.5. The molecule has 2 aromatic rings. The molecule has 0 bridgehead atoms. The maximum absolute atomic E-state index is 14.3. The van der Waals surface area contributed by atoms with Crippen LogP contribution in [0.5, 0.6) is 5.75 Å². The molecule has 0 saturated heterocycles. The van der Waals surface area contributed by atoms with Gasteiger partial charge in [0, 0.05) is 5.56 Å². The summed E-state index contributed by atoms with van der Waals surface area (Å²) in [7, 11) is 1.23. The van der Waals surface area contributed by atoms with Gasteiger partial charge in [0.25, 0.3) is 0 Å². The van der Waals surface area contributed by atoms with Crippen LogP contribution in [0.1, 0.15) is 5.69 Å². The number of benzene rings is 1. The van der Waals surface area contributed by atoms with Crippen LogP contribution in [-0.4, -0.2) is 47.2 Å². The molecule has 0 atom stereocenters. The summed E-state index contributed by atoms with van der Waals surface area (Å²) < 4.78 is 178. The van der Waals surface area contributed by atoms with Crippen LogP contribution in [0, 0.1) is 0 Å². The van der Waals surface area contributed by atoms with Gasteiger partial charge in [0.2, 0.25) is 0 Å². The normalized spacial score (nSPS) is 14.5. The number of nitrogens with zero attached hydrogens (tertiary/aromatic N) is 1. The number of methoxy groups -OCH3 is 1. The summed E-state index contributed by atoms with van der Waals surface area (Å²) >= 11 is 5.45. The third-order valence-electron chi connectivity index (χ3n) is 4.32. The number of hydrogen-bond acceptors (Lipinski definition) is 2. The van der Waals surface area contributed by atoms with Crippen LogP contribution in [0.15, 0.2) is 24.3 Å². The quantitative estimate of drug-likeness (QED) is 0.397. The molecule has 0 amide bonds. The van der Waals surface area contributed by atoms with Crippen LogP contribution in [0.25, 0.3) is 11.3 Å². The number of nitrogens with one attached hydrogen (secondary N) is 1. The van der Waals surface area contributed by atoms with E-state index in [9.17, 15) is 57.1 Å². The fourth-order valence-electron chi connectivity index (χ4n) is 2.40. The average Bonchev–Trinajstić information content (AvgIpc) is 3.08. The molecule has 1 heterocycles. The van der Waals surface area contributed by atoms with Crippen molar-refractivity contribution in [3.05, 3.63) is 35.0 Å². The van der Waals surface area contributed by atoms with E-state index in [1.807, 2.05) is 0 Å². The van der Waals surface area contributed by atoms with E-state index in [0.29, 0.717) is 0 Å². The van der Waals surface area contributed by atoms with E-state index >= 15 is 0 Å². The van der Waals surface area contributed by atoms with Gasteiger partial charge in [-0.05, 0) is 24.3 Å². The van der Waals surface area contributed by atoms with Gasteiger partial charge in [0.1, 0.15) is 17.1 Å². The number of H-pyrrole nitrogens is 1. The maximum atomic E-state index is 14.3. The third-order valence-corrected chi connectivity index (χ3v) is 4.69. The standard InChI is InChI=1S/C16H8ClF13N2O/c1-33-7-4-2-6(3-5-7)9-8(17)10(32-31-9)11(18,19)12(20,21)13(22,23)14(24,25)15(26,27)16(28,29)30/h2-5H,1H3,(H,31,32). The van der Waals surface area contributed by atoms with Gasteiger partial charge < -0.3 is 4.74 Å². The Labute approximate surface area is 179 Å². The highest BCUT2D eigenvalue weighted by Crippen LogP contribution is 2.62. The SMILES string of the molecule is COc1ccc(-c2n[nH]c(C(F)(F)C(F)(F)C(F)(F)C(F)(F)C(F)(F)C(F)(F)F)c2Cl)cc1. The van der Waals surface area contributed by atoms with E-state index in [2.05, 4.69) is 5.10 Å². The Morgan fingerprint density at radius 3 is 1.61 bits per heavy atom. The summed E-state index contributed by atoms with van der Waals surface area (Å²) in [6.45, 7) is 0. The van der Waals surface area contributed by atoms with Crippen LogP contribution in [0.3, 0.4) is 0 Å². The predicted octanol–water partition coefficient (Wildman–Crippen LogP) is 6.93. The second kappa shape index (κ2) is 7.84. The number of halogens is 14. The van der Waals surface area contributed by atoms with Crippen LogP contribution in [-0.2, 0) is 5.92 Å². The van der Waals surface area contributed by atoms with E-state index in [1.165, 1.54) is 19.2 Å². The van der Waals surface area contributed by atoms with E-state index in [-0.39, 0.29) is 11.3 Å². The number of aromatic nitrogens is 2. The molecular weight excluding hydrogens is 519 g/mol. The predicted molar refractivity (Wildman–Crippen MR) is 85.3 cm³/mol. The van der Waals surface area contributed by atoms with E-state index in [1.54, 1.807) is 0 Å². The van der Waals surface area contributed by atoms with Gasteiger partial charge >= 0.3 is 35.8 Å². The van der Waals surface area contributed by atoms with Crippen molar-refractivity contribution in [3.63, 3.8) is 0 Å². The lowest BCUT2D eigenvalue weighted by Gasteiger charge is -2.39. The summed E-state index contributed by atoms with van der Waals surface area (Å²) in [5.74, 6) is -37.6. The van der Waals surface area contributed by atoms with Gasteiger partial charge in [0.05, 0.1) is 12.1 Å². The van der Waals surface area contributed by atoms with Crippen LogP contribution >= 0.6 is 11.6 Å². The molecular formula is C16H8ClF13N2O. The fourth-order valence-corrected chi connectivity index (χ4v) is 2.72. The van der Waals surface area contributed by atoms with Crippen molar-refractivity contribution in [1.82, 2.24) is 10.2 Å². The number of rotatable bonds is 7. The first-order chi connectivity index (χ1) is 14.7. The largest absolute Gasteiger partial charge is 0.497 e. The Morgan fingerprint density at radius 2 is 1.18 bits per heavy atom. The molecule has 0 saturated carbocycles. The van der Waals surface area contributed by atoms with Crippen LogP contribution in [0.2, 0.25) is 5.02 Å². The molecule has 0 unspecified atom stereocenters. The van der Waals surface area contributed by atoms with Crippen LogP contribution in [0.4, 0.5) is 57.1 Å². The zero-order chi connectivity index (χ0) is 25.8. The zero-order valence-corrected chi connectivity index (χ0v) is 16.2. The topological polar surface area (TPSA) is 37.9 Å². The second-order valence-electron chi connectivity index (χ2n) is 6.36. The van der Waals surface area contributed by atoms with Gasteiger partial charge in [-0.25, -0.2) is 0 Å². The molecule has 0 aliphatic rings.